The topological polar surface area (TPSA) is 54.3 Å². The van der Waals surface area contributed by atoms with E-state index in [1.54, 1.807) is 4.68 Å². The fraction of sp³-hybridized carbons (Fsp3) is 0.500. The fourth-order valence-corrected chi connectivity index (χ4v) is 3.36. The molecule has 1 saturated heterocycles. The van der Waals surface area contributed by atoms with E-state index in [0.717, 1.165) is 55.4 Å². The van der Waals surface area contributed by atoms with Crippen molar-refractivity contribution in [3.63, 3.8) is 0 Å². The molecule has 0 radical (unpaired) electrons. The monoisotopic (exact) mass is 359 g/mol. The number of amides is 1. The summed E-state index contributed by atoms with van der Waals surface area (Å²) in [7, 11) is 1.88. The Balaban J connectivity index is 1.61. The molecule has 1 aromatic carbocycles. The van der Waals surface area contributed by atoms with E-state index in [4.69, 9.17) is 0 Å². The average Bonchev–Trinajstić information content (AvgIpc) is 2.99. The zero-order chi connectivity index (χ0) is 17.8. The lowest BCUT2D eigenvalue weighted by atomic mass is 10.1. The summed E-state index contributed by atoms with van der Waals surface area (Å²) in [6.07, 6.45) is 2.13. The summed E-state index contributed by atoms with van der Waals surface area (Å²) in [4.78, 5) is 21.5. The number of hydrogen-bond donors (Lipinski definition) is 0. The Morgan fingerprint density at radius 2 is 1.84 bits per heavy atom. The molecule has 0 atom stereocenters. The van der Waals surface area contributed by atoms with Crippen molar-refractivity contribution in [1.82, 2.24) is 24.6 Å². The normalized spacial score (nSPS) is 15.6. The minimum Gasteiger partial charge on any atom is -0.336 e. The van der Waals surface area contributed by atoms with Crippen molar-refractivity contribution in [3.05, 3.63) is 35.7 Å². The highest BCUT2D eigenvalue weighted by molar-refractivity contribution is 7.98. The smallest absolute Gasteiger partial charge is 0.253 e. The van der Waals surface area contributed by atoms with Gasteiger partial charge < -0.3 is 4.90 Å². The molecule has 0 aliphatic carbocycles. The lowest BCUT2D eigenvalue weighted by molar-refractivity contribution is 0.0644. The number of aromatic nitrogens is 3. The molecule has 6 nitrogen and oxygen atoms in total. The Bertz CT molecular complexity index is 700. The first-order valence-electron chi connectivity index (χ1n) is 8.57. The second-order valence-corrected chi connectivity index (χ2v) is 7.30. The van der Waals surface area contributed by atoms with Gasteiger partial charge in [-0.3, -0.25) is 14.4 Å². The number of piperazine rings is 1. The van der Waals surface area contributed by atoms with Crippen molar-refractivity contribution in [3.8, 4) is 11.4 Å². The quantitative estimate of drug-likeness (QED) is 0.816. The summed E-state index contributed by atoms with van der Waals surface area (Å²) in [6, 6.07) is 7.61. The van der Waals surface area contributed by atoms with Crippen molar-refractivity contribution in [2.24, 2.45) is 7.05 Å². The van der Waals surface area contributed by atoms with E-state index in [9.17, 15) is 4.79 Å². The molecule has 1 aromatic heterocycles. The van der Waals surface area contributed by atoms with Crippen LogP contribution in [-0.2, 0) is 7.05 Å². The molecule has 1 amide bonds. The summed E-state index contributed by atoms with van der Waals surface area (Å²) in [5, 5.41) is 4.38. The van der Waals surface area contributed by atoms with Crippen LogP contribution in [-0.4, -0.2) is 75.2 Å². The zero-order valence-corrected chi connectivity index (χ0v) is 15.9. The van der Waals surface area contributed by atoms with Crippen LogP contribution in [0.25, 0.3) is 11.4 Å². The van der Waals surface area contributed by atoms with Crippen molar-refractivity contribution in [2.75, 3.05) is 44.7 Å². The largest absolute Gasteiger partial charge is 0.336 e. The summed E-state index contributed by atoms with van der Waals surface area (Å²) >= 11 is 1.87. The van der Waals surface area contributed by atoms with E-state index in [1.165, 1.54) is 0 Å². The first-order chi connectivity index (χ1) is 12.1. The van der Waals surface area contributed by atoms with Crippen LogP contribution in [0.5, 0.6) is 0 Å². The summed E-state index contributed by atoms with van der Waals surface area (Å²) in [6.45, 7) is 6.55. The first kappa shape index (κ1) is 17.9. The van der Waals surface area contributed by atoms with Crippen LogP contribution in [0, 0.1) is 6.92 Å². The molecule has 2 aromatic rings. The van der Waals surface area contributed by atoms with Crippen molar-refractivity contribution < 1.29 is 4.79 Å². The predicted molar refractivity (Wildman–Crippen MR) is 102 cm³/mol. The number of nitrogens with zero attached hydrogens (tertiary/aromatic N) is 5. The van der Waals surface area contributed by atoms with Gasteiger partial charge in [0.2, 0.25) is 0 Å². The van der Waals surface area contributed by atoms with E-state index in [0.29, 0.717) is 5.82 Å². The van der Waals surface area contributed by atoms with Gasteiger partial charge in [-0.2, -0.15) is 16.9 Å². The van der Waals surface area contributed by atoms with Crippen molar-refractivity contribution >= 4 is 17.7 Å². The highest BCUT2D eigenvalue weighted by Gasteiger charge is 2.21. The van der Waals surface area contributed by atoms with Crippen LogP contribution in [0.3, 0.4) is 0 Å². The molecular weight excluding hydrogens is 334 g/mol. The predicted octanol–water partition coefficient (Wildman–Crippen LogP) is 1.91. The van der Waals surface area contributed by atoms with E-state index < -0.39 is 0 Å². The van der Waals surface area contributed by atoms with Crippen LogP contribution >= 0.6 is 11.8 Å². The number of rotatable bonds is 5. The zero-order valence-electron chi connectivity index (χ0n) is 15.1. The SMILES string of the molecule is CSCCN1CCN(C(=O)c2ccc(-c3nc(C)n(C)n3)cc2)CC1. The molecule has 1 fully saturated rings. The van der Waals surface area contributed by atoms with E-state index in [1.807, 2.05) is 54.9 Å². The van der Waals surface area contributed by atoms with Gasteiger partial charge in [-0.15, -0.1) is 0 Å². The number of thioether (sulfide) groups is 1. The third kappa shape index (κ3) is 4.22. The van der Waals surface area contributed by atoms with Crippen molar-refractivity contribution in [1.29, 1.82) is 0 Å². The molecule has 25 heavy (non-hydrogen) atoms. The van der Waals surface area contributed by atoms with Crippen LogP contribution in [0.15, 0.2) is 24.3 Å². The highest BCUT2D eigenvalue weighted by Crippen LogP contribution is 2.17. The van der Waals surface area contributed by atoms with E-state index >= 15 is 0 Å². The van der Waals surface area contributed by atoms with Gasteiger partial charge in [0.05, 0.1) is 0 Å². The minimum absolute atomic E-state index is 0.112. The lowest BCUT2D eigenvalue weighted by Crippen LogP contribution is -2.49. The average molecular weight is 359 g/mol. The van der Waals surface area contributed by atoms with Crippen LogP contribution in [0.1, 0.15) is 16.2 Å². The minimum atomic E-state index is 0.112. The number of aryl methyl sites for hydroxylation is 2. The molecule has 0 N–H and O–H groups in total. The van der Waals surface area contributed by atoms with Gasteiger partial charge in [0.15, 0.2) is 5.82 Å². The van der Waals surface area contributed by atoms with Gasteiger partial charge in [-0.05, 0) is 25.3 Å². The van der Waals surface area contributed by atoms with Crippen molar-refractivity contribution in [2.45, 2.75) is 6.92 Å². The Kier molecular flexibility index (Phi) is 5.75. The van der Waals surface area contributed by atoms with Gasteiger partial charge in [0.25, 0.3) is 5.91 Å². The third-order valence-electron chi connectivity index (χ3n) is 4.64. The van der Waals surface area contributed by atoms with Crippen LogP contribution in [0.4, 0.5) is 0 Å². The second kappa shape index (κ2) is 8.01. The van der Waals surface area contributed by atoms with Crippen LogP contribution in [0.2, 0.25) is 0 Å². The van der Waals surface area contributed by atoms with Crippen LogP contribution < -0.4 is 0 Å². The molecule has 1 aliphatic rings. The standard InChI is InChI=1S/C18H25N5OS/c1-14-19-17(20-21(14)2)15-4-6-16(7-5-15)18(24)23-10-8-22(9-11-23)12-13-25-3/h4-7H,8-13H2,1-3H3. The van der Waals surface area contributed by atoms with E-state index in [2.05, 4.69) is 21.2 Å². The third-order valence-corrected chi connectivity index (χ3v) is 5.23. The van der Waals surface area contributed by atoms with Gasteiger partial charge in [0, 0.05) is 56.7 Å². The summed E-state index contributed by atoms with van der Waals surface area (Å²) in [5.41, 5.74) is 1.66. The molecule has 7 heteroatoms. The molecule has 0 unspecified atom stereocenters. The number of hydrogen-bond acceptors (Lipinski definition) is 5. The Morgan fingerprint density at radius 1 is 1.16 bits per heavy atom. The Hall–Kier alpha value is -1.86. The molecule has 2 heterocycles. The summed E-state index contributed by atoms with van der Waals surface area (Å²) < 4.78 is 1.75. The van der Waals surface area contributed by atoms with Gasteiger partial charge in [-0.25, -0.2) is 4.98 Å². The first-order valence-corrected chi connectivity index (χ1v) is 9.96. The molecule has 1 aliphatic heterocycles. The number of benzene rings is 1. The Labute approximate surface area is 153 Å². The maximum absolute atomic E-state index is 12.7. The molecular formula is C18H25N5OS. The van der Waals surface area contributed by atoms with Gasteiger partial charge >= 0.3 is 0 Å². The molecule has 0 spiro atoms. The Morgan fingerprint density at radius 3 is 2.40 bits per heavy atom. The maximum Gasteiger partial charge on any atom is 0.253 e. The highest BCUT2D eigenvalue weighted by atomic mass is 32.2. The summed E-state index contributed by atoms with van der Waals surface area (Å²) in [5.74, 6) is 2.83. The second-order valence-electron chi connectivity index (χ2n) is 6.31. The van der Waals surface area contributed by atoms with E-state index in [-0.39, 0.29) is 5.91 Å². The lowest BCUT2D eigenvalue weighted by Gasteiger charge is -2.34. The van der Waals surface area contributed by atoms with Gasteiger partial charge in [0.1, 0.15) is 5.82 Å². The number of carbonyl (C=O) groups excluding carboxylic acids is 1. The molecule has 0 bridgehead atoms. The molecule has 0 saturated carbocycles. The number of carbonyl (C=O) groups is 1. The molecule has 134 valence electrons. The maximum atomic E-state index is 12.7. The fourth-order valence-electron chi connectivity index (χ4n) is 2.92. The van der Waals surface area contributed by atoms with Gasteiger partial charge in [-0.1, -0.05) is 12.1 Å². The molecule has 3 rings (SSSR count).